The van der Waals surface area contributed by atoms with Crippen LogP contribution in [0.5, 0.6) is 0 Å². The molecular formula is C13H16N4O2. The molecule has 1 heterocycles. The molecule has 6 nitrogen and oxygen atoms in total. The molecule has 1 aromatic heterocycles. The van der Waals surface area contributed by atoms with Crippen molar-refractivity contribution in [1.82, 2.24) is 10.2 Å². The van der Waals surface area contributed by atoms with Crippen LogP contribution in [0.3, 0.4) is 0 Å². The van der Waals surface area contributed by atoms with E-state index in [-0.39, 0.29) is 11.7 Å². The molecule has 0 aliphatic heterocycles. The summed E-state index contributed by atoms with van der Waals surface area (Å²) in [5, 5.41) is 29.4. The molecule has 2 rings (SSSR count). The zero-order chi connectivity index (χ0) is 14.2. The molecule has 0 spiro atoms. The maximum atomic E-state index is 11.5. The minimum absolute atomic E-state index is 0.0694. The summed E-state index contributed by atoms with van der Waals surface area (Å²) in [4.78, 5) is 11.5. The molecule has 100 valence electrons. The first-order valence-electron chi connectivity index (χ1n) is 6.15. The SMILES string of the molecule is Cc1nnc(NC(C)(C(=O)O)C2CC2)c(C#N)c1C. The van der Waals surface area contributed by atoms with Crippen LogP contribution >= 0.6 is 0 Å². The van der Waals surface area contributed by atoms with Crippen LogP contribution in [-0.2, 0) is 4.79 Å². The van der Waals surface area contributed by atoms with Crippen molar-refractivity contribution in [2.45, 2.75) is 39.2 Å². The van der Waals surface area contributed by atoms with Crippen molar-refractivity contribution in [3.63, 3.8) is 0 Å². The fourth-order valence-corrected chi connectivity index (χ4v) is 2.07. The van der Waals surface area contributed by atoms with Crippen LogP contribution in [0.1, 0.15) is 36.6 Å². The summed E-state index contributed by atoms with van der Waals surface area (Å²) >= 11 is 0. The Morgan fingerprint density at radius 1 is 1.47 bits per heavy atom. The predicted octanol–water partition coefficient (Wildman–Crippen LogP) is 1.63. The minimum atomic E-state index is -1.10. The van der Waals surface area contributed by atoms with Crippen LogP contribution in [0.2, 0.25) is 0 Å². The number of nitrogens with one attached hydrogen (secondary N) is 1. The normalized spacial score (nSPS) is 17.4. The second-order valence-corrected chi connectivity index (χ2v) is 5.15. The van der Waals surface area contributed by atoms with E-state index in [2.05, 4.69) is 21.6 Å². The summed E-state index contributed by atoms with van der Waals surface area (Å²) in [5.41, 5.74) is 0.664. The third-order valence-corrected chi connectivity index (χ3v) is 3.78. The zero-order valence-electron chi connectivity index (χ0n) is 11.2. The smallest absolute Gasteiger partial charge is 0.329 e. The van der Waals surface area contributed by atoms with Gasteiger partial charge in [0.15, 0.2) is 5.82 Å². The van der Waals surface area contributed by atoms with Crippen molar-refractivity contribution in [3.8, 4) is 6.07 Å². The van der Waals surface area contributed by atoms with Crippen molar-refractivity contribution in [2.24, 2.45) is 5.92 Å². The van der Waals surface area contributed by atoms with Gasteiger partial charge in [-0.05, 0) is 45.1 Å². The maximum absolute atomic E-state index is 11.5. The number of hydrogen-bond acceptors (Lipinski definition) is 5. The Kier molecular flexibility index (Phi) is 3.14. The molecule has 1 fully saturated rings. The molecule has 1 unspecified atom stereocenters. The van der Waals surface area contributed by atoms with E-state index in [0.717, 1.165) is 18.4 Å². The van der Waals surface area contributed by atoms with Gasteiger partial charge in [0.1, 0.15) is 17.2 Å². The lowest BCUT2D eigenvalue weighted by Gasteiger charge is -2.27. The first-order valence-corrected chi connectivity index (χ1v) is 6.15. The van der Waals surface area contributed by atoms with Gasteiger partial charge >= 0.3 is 5.97 Å². The predicted molar refractivity (Wildman–Crippen MR) is 68.6 cm³/mol. The van der Waals surface area contributed by atoms with Gasteiger partial charge in [-0.15, -0.1) is 5.10 Å². The Morgan fingerprint density at radius 3 is 2.58 bits per heavy atom. The van der Waals surface area contributed by atoms with Gasteiger partial charge in [0, 0.05) is 0 Å². The summed E-state index contributed by atoms with van der Waals surface area (Å²) < 4.78 is 0. The number of aromatic nitrogens is 2. The van der Waals surface area contributed by atoms with Crippen molar-refractivity contribution < 1.29 is 9.90 Å². The van der Waals surface area contributed by atoms with Crippen LogP contribution in [0, 0.1) is 31.1 Å². The molecule has 2 N–H and O–H groups in total. The molecule has 19 heavy (non-hydrogen) atoms. The van der Waals surface area contributed by atoms with E-state index in [1.54, 1.807) is 20.8 Å². The van der Waals surface area contributed by atoms with Gasteiger partial charge < -0.3 is 10.4 Å². The van der Waals surface area contributed by atoms with Crippen molar-refractivity contribution in [1.29, 1.82) is 5.26 Å². The molecule has 1 saturated carbocycles. The van der Waals surface area contributed by atoms with Gasteiger partial charge in [-0.25, -0.2) is 4.79 Å². The lowest BCUT2D eigenvalue weighted by Crippen LogP contribution is -2.46. The van der Waals surface area contributed by atoms with Crippen LogP contribution in [0.15, 0.2) is 0 Å². The van der Waals surface area contributed by atoms with Crippen molar-refractivity contribution in [2.75, 3.05) is 5.32 Å². The second kappa shape index (κ2) is 4.50. The van der Waals surface area contributed by atoms with E-state index >= 15 is 0 Å². The second-order valence-electron chi connectivity index (χ2n) is 5.15. The molecular weight excluding hydrogens is 244 g/mol. The van der Waals surface area contributed by atoms with Crippen LogP contribution in [0.25, 0.3) is 0 Å². The average Bonchev–Trinajstić information content (AvgIpc) is 3.18. The quantitative estimate of drug-likeness (QED) is 0.853. The highest BCUT2D eigenvalue weighted by molar-refractivity contribution is 5.83. The first-order chi connectivity index (χ1) is 8.90. The summed E-state index contributed by atoms with van der Waals surface area (Å²) in [6.45, 7) is 5.18. The molecule has 1 aliphatic carbocycles. The van der Waals surface area contributed by atoms with E-state index < -0.39 is 11.5 Å². The standard InChI is InChI=1S/C13H16N4O2/c1-7-8(2)16-17-11(10(7)6-14)15-13(3,12(18)19)9-4-5-9/h9H,4-5H2,1-3H3,(H,15,17)(H,18,19). The maximum Gasteiger partial charge on any atom is 0.329 e. The number of aryl methyl sites for hydroxylation is 1. The number of anilines is 1. The highest BCUT2D eigenvalue weighted by Gasteiger charge is 2.48. The molecule has 6 heteroatoms. The zero-order valence-corrected chi connectivity index (χ0v) is 11.2. The monoisotopic (exact) mass is 260 g/mol. The van der Waals surface area contributed by atoms with Gasteiger partial charge in [0.05, 0.1) is 5.69 Å². The Balaban J connectivity index is 2.41. The number of carboxylic acid groups (broad SMARTS) is 1. The van der Waals surface area contributed by atoms with Gasteiger partial charge in [-0.2, -0.15) is 10.4 Å². The van der Waals surface area contributed by atoms with Gasteiger partial charge in [-0.1, -0.05) is 0 Å². The third kappa shape index (κ3) is 2.24. The van der Waals surface area contributed by atoms with Gasteiger partial charge in [0.2, 0.25) is 0 Å². The summed E-state index contributed by atoms with van der Waals surface area (Å²) in [6.07, 6.45) is 1.74. The Bertz CT molecular complexity index is 575. The topological polar surface area (TPSA) is 98.9 Å². The first kappa shape index (κ1) is 13.3. The Hall–Kier alpha value is -2.16. The Labute approximate surface area is 111 Å². The fourth-order valence-electron chi connectivity index (χ4n) is 2.07. The fraction of sp³-hybridized carbons (Fsp3) is 0.538. The Morgan fingerprint density at radius 2 is 2.11 bits per heavy atom. The van der Waals surface area contributed by atoms with E-state index in [0.29, 0.717) is 11.3 Å². The molecule has 0 saturated heterocycles. The summed E-state index contributed by atoms with van der Waals surface area (Å²) in [6, 6.07) is 2.07. The summed E-state index contributed by atoms with van der Waals surface area (Å²) in [7, 11) is 0. The lowest BCUT2D eigenvalue weighted by atomic mass is 9.95. The molecule has 0 aromatic carbocycles. The number of nitrogens with zero attached hydrogens (tertiary/aromatic N) is 3. The van der Waals surface area contributed by atoms with Crippen molar-refractivity contribution in [3.05, 3.63) is 16.8 Å². The molecule has 0 amide bonds. The average molecular weight is 260 g/mol. The molecule has 0 radical (unpaired) electrons. The van der Waals surface area contributed by atoms with E-state index in [9.17, 15) is 15.2 Å². The van der Waals surface area contributed by atoms with E-state index in [1.807, 2.05) is 0 Å². The van der Waals surface area contributed by atoms with Gasteiger partial charge in [-0.3, -0.25) is 0 Å². The van der Waals surface area contributed by atoms with Crippen LogP contribution in [0.4, 0.5) is 5.82 Å². The van der Waals surface area contributed by atoms with Crippen molar-refractivity contribution >= 4 is 11.8 Å². The highest BCUT2D eigenvalue weighted by Crippen LogP contribution is 2.41. The van der Waals surface area contributed by atoms with Crippen LogP contribution in [-0.4, -0.2) is 26.8 Å². The number of nitriles is 1. The molecule has 1 atom stereocenters. The number of carboxylic acids is 1. The van der Waals surface area contributed by atoms with E-state index in [1.165, 1.54) is 0 Å². The third-order valence-electron chi connectivity index (χ3n) is 3.78. The molecule has 1 aliphatic rings. The van der Waals surface area contributed by atoms with E-state index in [4.69, 9.17) is 0 Å². The minimum Gasteiger partial charge on any atom is -0.480 e. The molecule has 0 bridgehead atoms. The number of carbonyl (C=O) groups is 1. The number of aliphatic carboxylic acids is 1. The van der Waals surface area contributed by atoms with Gasteiger partial charge in [0.25, 0.3) is 0 Å². The number of rotatable bonds is 4. The highest BCUT2D eigenvalue weighted by atomic mass is 16.4. The summed E-state index contributed by atoms with van der Waals surface area (Å²) in [5.74, 6) is -0.610. The largest absolute Gasteiger partial charge is 0.480 e. The molecule has 1 aromatic rings. The lowest BCUT2D eigenvalue weighted by molar-refractivity contribution is -0.142. The van der Waals surface area contributed by atoms with Crippen LogP contribution < -0.4 is 5.32 Å². The number of hydrogen-bond donors (Lipinski definition) is 2.